The summed E-state index contributed by atoms with van der Waals surface area (Å²) < 4.78 is 5.33. The summed E-state index contributed by atoms with van der Waals surface area (Å²) in [5, 5.41) is 0. The molecule has 18 heavy (non-hydrogen) atoms. The largest absolute Gasteiger partial charge is 0.444 e. The Morgan fingerprint density at radius 2 is 1.89 bits per heavy atom. The van der Waals surface area contributed by atoms with E-state index in [1.807, 2.05) is 20.8 Å². The lowest BCUT2D eigenvalue weighted by atomic mass is 9.97. The molecule has 1 amide bonds. The van der Waals surface area contributed by atoms with Crippen LogP contribution in [0.5, 0.6) is 0 Å². The van der Waals surface area contributed by atoms with Crippen molar-refractivity contribution >= 4 is 12.1 Å². The second-order valence-corrected chi connectivity index (χ2v) is 5.68. The summed E-state index contributed by atoms with van der Waals surface area (Å²) >= 11 is 0. The van der Waals surface area contributed by atoms with Crippen molar-refractivity contribution < 1.29 is 9.53 Å². The molecule has 0 radical (unpaired) electrons. The SMILES string of the molecule is CC(C)(C)OC(=O)N1CCC(CN=C(N)N)CC1. The van der Waals surface area contributed by atoms with Crippen molar-refractivity contribution in [3.8, 4) is 0 Å². The third kappa shape index (κ3) is 5.25. The van der Waals surface area contributed by atoms with Crippen LogP contribution in [0, 0.1) is 5.92 Å². The predicted octanol–water partition coefficient (Wildman–Crippen LogP) is 0.907. The van der Waals surface area contributed by atoms with E-state index in [0.29, 0.717) is 25.6 Å². The number of hydrogen-bond acceptors (Lipinski definition) is 3. The second-order valence-electron chi connectivity index (χ2n) is 5.68. The highest BCUT2D eigenvalue weighted by molar-refractivity contribution is 5.75. The quantitative estimate of drug-likeness (QED) is 0.567. The Morgan fingerprint density at radius 3 is 2.33 bits per heavy atom. The van der Waals surface area contributed by atoms with Gasteiger partial charge in [0.2, 0.25) is 0 Å². The van der Waals surface area contributed by atoms with Crippen molar-refractivity contribution in [3.63, 3.8) is 0 Å². The molecule has 0 bridgehead atoms. The standard InChI is InChI=1S/C12H24N4O2/c1-12(2,3)18-11(17)16-6-4-9(5-7-16)8-15-10(13)14/h9H,4-8H2,1-3H3,(H4,13,14,15). The Morgan fingerprint density at radius 1 is 1.33 bits per heavy atom. The van der Waals surface area contributed by atoms with Gasteiger partial charge in [0.05, 0.1) is 0 Å². The molecule has 1 rings (SSSR count). The van der Waals surface area contributed by atoms with Crippen molar-refractivity contribution in [2.75, 3.05) is 19.6 Å². The van der Waals surface area contributed by atoms with Crippen LogP contribution in [0.15, 0.2) is 4.99 Å². The van der Waals surface area contributed by atoms with Crippen molar-refractivity contribution in [1.82, 2.24) is 4.90 Å². The van der Waals surface area contributed by atoms with Gasteiger partial charge in [0.25, 0.3) is 0 Å². The molecular formula is C12H24N4O2. The molecule has 1 fully saturated rings. The average Bonchev–Trinajstić information content (AvgIpc) is 2.24. The molecular weight excluding hydrogens is 232 g/mol. The van der Waals surface area contributed by atoms with Gasteiger partial charge in [-0.05, 0) is 39.5 Å². The van der Waals surface area contributed by atoms with E-state index in [4.69, 9.17) is 16.2 Å². The van der Waals surface area contributed by atoms with Crippen LogP contribution in [0.25, 0.3) is 0 Å². The van der Waals surface area contributed by atoms with Crippen LogP contribution in [0.1, 0.15) is 33.6 Å². The molecule has 4 N–H and O–H groups in total. The van der Waals surface area contributed by atoms with Crippen LogP contribution in [-0.2, 0) is 4.74 Å². The minimum absolute atomic E-state index is 0.129. The first-order valence-electron chi connectivity index (χ1n) is 6.31. The Kier molecular flexibility index (Phi) is 4.81. The third-order valence-corrected chi connectivity index (χ3v) is 2.80. The highest BCUT2D eigenvalue weighted by Gasteiger charge is 2.26. The van der Waals surface area contributed by atoms with Gasteiger partial charge in [-0.15, -0.1) is 0 Å². The Bertz CT molecular complexity index is 311. The molecule has 0 aromatic heterocycles. The van der Waals surface area contributed by atoms with Gasteiger partial charge in [-0.25, -0.2) is 4.79 Å². The van der Waals surface area contributed by atoms with Gasteiger partial charge < -0.3 is 21.1 Å². The van der Waals surface area contributed by atoms with Crippen molar-refractivity contribution in [2.24, 2.45) is 22.4 Å². The number of likely N-dealkylation sites (tertiary alicyclic amines) is 1. The summed E-state index contributed by atoms with van der Waals surface area (Å²) in [4.78, 5) is 17.6. The van der Waals surface area contributed by atoms with Crippen LogP contribution in [0.3, 0.4) is 0 Å². The highest BCUT2D eigenvalue weighted by Crippen LogP contribution is 2.19. The molecule has 0 aromatic rings. The van der Waals surface area contributed by atoms with E-state index >= 15 is 0 Å². The molecule has 1 aliphatic rings. The van der Waals surface area contributed by atoms with Crippen LogP contribution < -0.4 is 11.5 Å². The number of hydrogen-bond donors (Lipinski definition) is 2. The fourth-order valence-corrected chi connectivity index (χ4v) is 1.86. The maximum absolute atomic E-state index is 11.8. The number of carbonyl (C=O) groups excluding carboxylic acids is 1. The normalized spacial score (nSPS) is 17.4. The Hall–Kier alpha value is -1.46. The van der Waals surface area contributed by atoms with Crippen LogP contribution in [0.4, 0.5) is 4.79 Å². The fraction of sp³-hybridized carbons (Fsp3) is 0.833. The van der Waals surface area contributed by atoms with E-state index in [1.165, 1.54) is 0 Å². The monoisotopic (exact) mass is 256 g/mol. The van der Waals surface area contributed by atoms with Gasteiger partial charge in [0.1, 0.15) is 5.60 Å². The molecule has 6 heteroatoms. The number of ether oxygens (including phenoxy) is 1. The van der Waals surface area contributed by atoms with Gasteiger partial charge in [-0.3, -0.25) is 4.99 Å². The van der Waals surface area contributed by atoms with Crippen molar-refractivity contribution in [3.05, 3.63) is 0 Å². The first kappa shape index (κ1) is 14.6. The van der Waals surface area contributed by atoms with Gasteiger partial charge in [0, 0.05) is 19.6 Å². The van der Waals surface area contributed by atoms with E-state index in [9.17, 15) is 4.79 Å². The van der Waals surface area contributed by atoms with E-state index in [0.717, 1.165) is 12.8 Å². The molecule has 0 saturated carbocycles. The topological polar surface area (TPSA) is 93.9 Å². The molecule has 104 valence electrons. The summed E-state index contributed by atoms with van der Waals surface area (Å²) in [5.41, 5.74) is 10.2. The van der Waals surface area contributed by atoms with E-state index < -0.39 is 5.60 Å². The molecule has 0 aromatic carbocycles. The molecule has 1 heterocycles. The summed E-state index contributed by atoms with van der Waals surface area (Å²) in [6.07, 6.45) is 1.59. The zero-order chi connectivity index (χ0) is 13.8. The van der Waals surface area contributed by atoms with E-state index in [2.05, 4.69) is 4.99 Å². The molecule has 0 unspecified atom stereocenters. The lowest BCUT2D eigenvalue weighted by Gasteiger charge is -2.32. The molecule has 6 nitrogen and oxygen atoms in total. The molecule has 1 aliphatic heterocycles. The number of aliphatic imine (C=N–C) groups is 1. The number of nitrogens with two attached hydrogens (primary N) is 2. The first-order chi connectivity index (χ1) is 8.28. The fourth-order valence-electron chi connectivity index (χ4n) is 1.86. The summed E-state index contributed by atoms with van der Waals surface area (Å²) in [6, 6.07) is 0. The van der Waals surface area contributed by atoms with Gasteiger partial charge >= 0.3 is 6.09 Å². The predicted molar refractivity (Wildman–Crippen MR) is 71.2 cm³/mol. The van der Waals surface area contributed by atoms with E-state index in [-0.39, 0.29) is 12.1 Å². The van der Waals surface area contributed by atoms with Crippen LogP contribution >= 0.6 is 0 Å². The molecule has 0 atom stereocenters. The second kappa shape index (κ2) is 5.93. The number of rotatable bonds is 2. The smallest absolute Gasteiger partial charge is 0.410 e. The zero-order valence-corrected chi connectivity index (χ0v) is 11.5. The molecule has 1 saturated heterocycles. The lowest BCUT2D eigenvalue weighted by molar-refractivity contribution is 0.0187. The summed E-state index contributed by atoms with van der Waals surface area (Å²) in [5.74, 6) is 0.579. The number of amides is 1. The maximum atomic E-state index is 11.8. The molecule has 0 spiro atoms. The lowest BCUT2D eigenvalue weighted by Crippen LogP contribution is -2.42. The van der Waals surface area contributed by atoms with E-state index in [1.54, 1.807) is 4.90 Å². The maximum Gasteiger partial charge on any atom is 0.410 e. The van der Waals surface area contributed by atoms with Crippen LogP contribution in [0.2, 0.25) is 0 Å². The highest BCUT2D eigenvalue weighted by atomic mass is 16.6. The van der Waals surface area contributed by atoms with Gasteiger partial charge in [-0.2, -0.15) is 0 Å². The van der Waals surface area contributed by atoms with Crippen molar-refractivity contribution in [1.29, 1.82) is 0 Å². The summed E-state index contributed by atoms with van der Waals surface area (Å²) in [7, 11) is 0. The Balaban J connectivity index is 2.35. The molecule has 0 aliphatic carbocycles. The number of guanidine groups is 1. The average molecular weight is 256 g/mol. The number of nitrogens with zero attached hydrogens (tertiary/aromatic N) is 2. The number of piperidine rings is 1. The third-order valence-electron chi connectivity index (χ3n) is 2.80. The van der Waals surface area contributed by atoms with Gasteiger partial charge in [0.15, 0.2) is 5.96 Å². The number of carbonyl (C=O) groups is 1. The minimum atomic E-state index is -0.438. The first-order valence-corrected chi connectivity index (χ1v) is 6.31. The zero-order valence-electron chi connectivity index (χ0n) is 11.5. The Labute approximate surface area is 108 Å². The minimum Gasteiger partial charge on any atom is -0.444 e. The summed E-state index contributed by atoms with van der Waals surface area (Å²) in [6.45, 7) is 7.67. The van der Waals surface area contributed by atoms with Gasteiger partial charge in [-0.1, -0.05) is 0 Å². The van der Waals surface area contributed by atoms with Crippen LogP contribution in [-0.4, -0.2) is 42.2 Å². The van der Waals surface area contributed by atoms with Crippen molar-refractivity contribution in [2.45, 2.75) is 39.2 Å².